The summed E-state index contributed by atoms with van der Waals surface area (Å²) in [7, 11) is 0. The molecule has 0 saturated carbocycles. The van der Waals surface area contributed by atoms with E-state index in [0.29, 0.717) is 30.4 Å². The number of piperidine rings is 1. The number of carbonyl (C=O) groups excluding carboxylic acids is 1. The van der Waals surface area contributed by atoms with E-state index in [1.165, 1.54) is 24.3 Å². The van der Waals surface area contributed by atoms with Crippen molar-refractivity contribution in [3.63, 3.8) is 0 Å². The summed E-state index contributed by atoms with van der Waals surface area (Å²) < 4.78 is 80.8. The number of anilines is 2. The van der Waals surface area contributed by atoms with Gasteiger partial charge in [-0.15, -0.1) is 28.5 Å². The molecule has 0 bridgehead atoms. The maximum absolute atomic E-state index is 13.1. The minimum atomic E-state index is -4.85. The lowest BCUT2D eigenvalue weighted by Crippen LogP contribution is -2.38. The summed E-state index contributed by atoms with van der Waals surface area (Å²) >= 11 is 0. The molecular formula is C19H16F6N6O2. The summed E-state index contributed by atoms with van der Waals surface area (Å²) in [5.74, 6) is -2.21. The topological polar surface area (TPSA) is 84.6 Å². The van der Waals surface area contributed by atoms with Crippen molar-refractivity contribution < 1.29 is 35.9 Å². The van der Waals surface area contributed by atoms with Gasteiger partial charge in [0, 0.05) is 30.8 Å². The molecular weight excluding hydrogens is 458 g/mol. The first kappa shape index (κ1) is 22.6. The zero-order valence-electron chi connectivity index (χ0n) is 16.7. The van der Waals surface area contributed by atoms with Crippen LogP contribution < -0.4 is 15.0 Å². The highest BCUT2D eigenvalue weighted by Gasteiger charge is 2.38. The third kappa shape index (κ3) is 5.26. The van der Waals surface area contributed by atoms with Gasteiger partial charge in [-0.25, -0.2) is 0 Å². The van der Waals surface area contributed by atoms with Gasteiger partial charge in [-0.2, -0.15) is 17.7 Å². The van der Waals surface area contributed by atoms with E-state index in [1.54, 1.807) is 4.90 Å². The fourth-order valence-electron chi connectivity index (χ4n) is 3.51. The van der Waals surface area contributed by atoms with Crippen molar-refractivity contribution in [2.45, 2.75) is 25.4 Å². The van der Waals surface area contributed by atoms with Crippen molar-refractivity contribution in [1.29, 1.82) is 0 Å². The Hall–Kier alpha value is -3.58. The zero-order chi connectivity index (χ0) is 23.8. The van der Waals surface area contributed by atoms with Crippen LogP contribution in [-0.4, -0.2) is 45.2 Å². The summed E-state index contributed by atoms with van der Waals surface area (Å²) in [4.78, 5) is 14.3. The molecule has 3 heterocycles. The number of halogens is 6. The van der Waals surface area contributed by atoms with Crippen molar-refractivity contribution in [2.75, 3.05) is 23.3 Å². The molecule has 176 valence electrons. The standard InChI is InChI=1S/C19H16F6N6O2/c20-18(21,22)17-28-27-14-4-5-15(29-31(14)17)30-8-6-11(7-9-30)16(32)26-12-2-1-3-13(10-12)33-19(23,24)25/h1-5,10-11H,6-9H2,(H,26,32). The van der Waals surface area contributed by atoms with Crippen molar-refractivity contribution in [3.8, 4) is 5.75 Å². The van der Waals surface area contributed by atoms with E-state index in [4.69, 9.17) is 0 Å². The Balaban J connectivity index is 1.39. The van der Waals surface area contributed by atoms with Crippen LogP contribution in [-0.2, 0) is 11.0 Å². The second kappa shape index (κ2) is 8.41. The predicted octanol–water partition coefficient (Wildman–Crippen LogP) is 3.90. The lowest BCUT2D eigenvalue weighted by atomic mass is 9.96. The van der Waals surface area contributed by atoms with Crippen LogP contribution in [0.2, 0.25) is 0 Å². The first-order chi connectivity index (χ1) is 15.5. The van der Waals surface area contributed by atoms with E-state index < -0.39 is 30.0 Å². The van der Waals surface area contributed by atoms with Gasteiger partial charge >= 0.3 is 12.5 Å². The van der Waals surface area contributed by atoms with Gasteiger partial charge in [0.05, 0.1) is 0 Å². The highest BCUT2D eigenvalue weighted by Crippen LogP contribution is 2.29. The van der Waals surface area contributed by atoms with Gasteiger partial charge in [0.1, 0.15) is 11.6 Å². The van der Waals surface area contributed by atoms with Gasteiger partial charge in [0.15, 0.2) is 5.65 Å². The summed E-state index contributed by atoms with van der Waals surface area (Å²) in [6.07, 6.45) is -8.81. The quantitative estimate of drug-likeness (QED) is 0.578. The predicted molar refractivity (Wildman–Crippen MR) is 102 cm³/mol. The van der Waals surface area contributed by atoms with Crippen LogP contribution in [0.15, 0.2) is 36.4 Å². The lowest BCUT2D eigenvalue weighted by Gasteiger charge is -2.32. The Bertz CT molecular complexity index is 1150. The second-order valence-corrected chi connectivity index (χ2v) is 7.31. The number of hydrogen-bond acceptors (Lipinski definition) is 6. The monoisotopic (exact) mass is 474 g/mol. The number of amides is 1. The molecule has 0 atom stereocenters. The molecule has 0 unspecified atom stereocenters. The number of aromatic nitrogens is 4. The third-order valence-electron chi connectivity index (χ3n) is 5.03. The molecule has 1 N–H and O–H groups in total. The maximum Gasteiger partial charge on any atom is 0.573 e. The largest absolute Gasteiger partial charge is 0.573 e. The minimum absolute atomic E-state index is 0.0444. The molecule has 1 aliphatic heterocycles. The zero-order valence-corrected chi connectivity index (χ0v) is 16.7. The smallest absolute Gasteiger partial charge is 0.406 e. The van der Waals surface area contributed by atoms with Crippen LogP contribution in [0.5, 0.6) is 5.75 Å². The second-order valence-electron chi connectivity index (χ2n) is 7.31. The summed E-state index contributed by atoms with van der Waals surface area (Å²) in [5, 5.41) is 13.2. The number of nitrogens with zero attached hydrogens (tertiary/aromatic N) is 5. The third-order valence-corrected chi connectivity index (χ3v) is 5.03. The van der Waals surface area contributed by atoms with E-state index in [9.17, 15) is 31.1 Å². The number of fused-ring (bicyclic) bond motifs is 1. The molecule has 8 nitrogen and oxygen atoms in total. The molecule has 1 amide bonds. The Morgan fingerprint density at radius 2 is 1.76 bits per heavy atom. The van der Waals surface area contributed by atoms with Gasteiger partial charge in [0.25, 0.3) is 5.82 Å². The van der Waals surface area contributed by atoms with Gasteiger partial charge in [-0.1, -0.05) is 6.07 Å². The molecule has 2 aromatic heterocycles. The molecule has 0 aliphatic carbocycles. The van der Waals surface area contributed by atoms with E-state index in [2.05, 4.69) is 25.3 Å². The number of benzene rings is 1. The summed E-state index contributed by atoms with van der Waals surface area (Å²) in [6, 6.07) is 7.84. The Labute approximate surface area is 182 Å². The lowest BCUT2D eigenvalue weighted by molar-refractivity contribution is -0.274. The molecule has 0 radical (unpaired) electrons. The fraction of sp³-hybridized carbons (Fsp3) is 0.368. The van der Waals surface area contributed by atoms with Crippen molar-refractivity contribution in [1.82, 2.24) is 19.8 Å². The van der Waals surface area contributed by atoms with E-state index >= 15 is 0 Å². The van der Waals surface area contributed by atoms with E-state index in [-0.39, 0.29) is 23.1 Å². The Morgan fingerprint density at radius 1 is 1.03 bits per heavy atom. The normalized spacial score (nSPS) is 15.6. The van der Waals surface area contributed by atoms with Crippen molar-refractivity contribution >= 4 is 23.1 Å². The molecule has 3 aromatic rings. The number of rotatable bonds is 4. The van der Waals surface area contributed by atoms with Gasteiger partial charge < -0.3 is 15.0 Å². The van der Waals surface area contributed by atoms with E-state index in [0.717, 1.165) is 12.1 Å². The van der Waals surface area contributed by atoms with Crippen molar-refractivity contribution in [2.24, 2.45) is 5.92 Å². The molecule has 0 spiro atoms. The number of carbonyl (C=O) groups is 1. The number of ether oxygens (including phenoxy) is 1. The van der Waals surface area contributed by atoms with E-state index in [1.807, 2.05) is 0 Å². The van der Waals surface area contributed by atoms with Crippen molar-refractivity contribution in [3.05, 3.63) is 42.2 Å². The maximum atomic E-state index is 13.1. The molecule has 1 fully saturated rings. The van der Waals surface area contributed by atoms with Gasteiger partial charge in [0.2, 0.25) is 5.91 Å². The highest BCUT2D eigenvalue weighted by molar-refractivity contribution is 5.92. The molecule has 14 heteroatoms. The van der Waals surface area contributed by atoms with Gasteiger partial charge in [-0.3, -0.25) is 4.79 Å². The highest BCUT2D eigenvalue weighted by atomic mass is 19.4. The first-order valence-electron chi connectivity index (χ1n) is 9.71. The van der Waals surface area contributed by atoms with Crippen LogP contribution in [0.3, 0.4) is 0 Å². The van der Waals surface area contributed by atoms with Crippen LogP contribution in [0.4, 0.5) is 37.8 Å². The van der Waals surface area contributed by atoms with Crippen LogP contribution >= 0.6 is 0 Å². The summed E-state index contributed by atoms with van der Waals surface area (Å²) in [5.41, 5.74) is 0.112. The van der Waals surface area contributed by atoms with Crippen LogP contribution in [0.1, 0.15) is 18.7 Å². The fourth-order valence-corrected chi connectivity index (χ4v) is 3.51. The SMILES string of the molecule is O=C(Nc1cccc(OC(F)(F)F)c1)C1CCN(c2ccc3nnc(C(F)(F)F)n3n2)CC1. The number of nitrogens with one attached hydrogen (secondary N) is 1. The van der Waals surface area contributed by atoms with Crippen LogP contribution in [0.25, 0.3) is 5.65 Å². The van der Waals surface area contributed by atoms with Crippen LogP contribution in [0, 0.1) is 5.92 Å². The summed E-state index contributed by atoms with van der Waals surface area (Å²) in [6.45, 7) is 0.689. The van der Waals surface area contributed by atoms with Gasteiger partial charge in [-0.05, 0) is 37.1 Å². The Kier molecular flexibility index (Phi) is 5.76. The number of alkyl halides is 6. The molecule has 1 aliphatic rings. The molecule has 1 aromatic carbocycles. The molecule has 33 heavy (non-hydrogen) atoms. The average Bonchev–Trinajstić information content (AvgIpc) is 3.16. The molecule has 1 saturated heterocycles. The Morgan fingerprint density at radius 3 is 2.42 bits per heavy atom. The average molecular weight is 474 g/mol. The minimum Gasteiger partial charge on any atom is -0.406 e. The first-order valence-corrected chi connectivity index (χ1v) is 9.71. The molecule has 4 rings (SSSR count). The number of hydrogen-bond donors (Lipinski definition) is 1.